The Labute approximate surface area is 119 Å². The highest BCUT2D eigenvalue weighted by molar-refractivity contribution is 6.37. The molecule has 0 fully saturated rings. The van der Waals surface area contributed by atoms with Crippen molar-refractivity contribution in [3.05, 3.63) is 31.9 Å². The average Bonchev–Trinajstić information content (AvgIpc) is 2.31. The number of benzene rings is 1. The number of aryl methyl sites for hydroxylation is 1. The van der Waals surface area contributed by atoms with Crippen LogP contribution >= 0.6 is 11.6 Å². The second-order valence-corrected chi connectivity index (χ2v) is 5.98. The van der Waals surface area contributed by atoms with E-state index < -0.39 is 28.3 Å². The molecule has 0 amide bonds. The molecule has 7 heteroatoms. The van der Waals surface area contributed by atoms with Crippen LogP contribution in [0.25, 0.3) is 10.9 Å². The van der Waals surface area contributed by atoms with Crippen molar-refractivity contribution in [1.82, 2.24) is 9.13 Å². The summed E-state index contributed by atoms with van der Waals surface area (Å²) in [6.07, 6.45) is 0. The van der Waals surface area contributed by atoms with Crippen molar-refractivity contribution in [2.45, 2.75) is 26.3 Å². The molecule has 2 rings (SSSR count). The minimum Gasteiger partial charge on any atom is -0.504 e. The van der Waals surface area contributed by atoms with E-state index in [2.05, 4.69) is 0 Å². The summed E-state index contributed by atoms with van der Waals surface area (Å²) >= 11 is 5.94. The van der Waals surface area contributed by atoms with Gasteiger partial charge >= 0.3 is 5.69 Å². The summed E-state index contributed by atoms with van der Waals surface area (Å²) in [4.78, 5) is 24.8. The lowest BCUT2D eigenvalue weighted by Crippen LogP contribution is -2.47. The van der Waals surface area contributed by atoms with Crippen LogP contribution in [0.5, 0.6) is 11.5 Å². The van der Waals surface area contributed by atoms with Gasteiger partial charge in [0.25, 0.3) is 5.56 Å². The molecule has 1 heterocycles. The van der Waals surface area contributed by atoms with Gasteiger partial charge in [0, 0.05) is 18.7 Å². The van der Waals surface area contributed by atoms with Crippen LogP contribution in [0, 0.1) is 0 Å². The standard InChI is InChI=1S/C13H15ClN2O4/c1-13(2,3)16-11(19)8-6(15(4)12(16)20)5-7(17)10(18)9(8)14/h5,17-18H,1-4H3. The van der Waals surface area contributed by atoms with Crippen molar-refractivity contribution in [2.75, 3.05) is 0 Å². The van der Waals surface area contributed by atoms with E-state index in [1.807, 2.05) is 0 Å². The number of hydrogen-bond donors (Lipinski definition) is 2. The van der Waals surface area contributed by atoms with Crippen LogP contribution in [-0.4, -0.2) is 19.3 Å². The smallest absolute Gasteiger partial charge is 0.331 e. The fourth-order valence-electron chi connectivity index (χ4n) is 2.12. The number of rotatable bonds is 0. The monoisotopic (exact) mass is 298 g/mol. The molecule has 0 radical (unpaired) electrons. The van der Waals surface area contributed by atoms with E-state index in [0.29, 0.717) is 0 Å². The summed E-state index contributed by atoms with van der Waals surface area (Å²) < 4.78 is 2.28. The third kappa shape index (κ3) is 1.87. The molecule has 20 heavy (non-hydrogen) atoms. The van der Waals surface area contributed by atoms with E-state index in [9.17, 15) is 19.8 Å². The van der Waals surface area contributed by atoms with Gasteiger partial charge in [-0.25, -0.2) is 4.79 Å². The van der Waals surface area contributed by atoms with Gasteiger partial charge in [0.2, 0.25) is 0 Å². The maximum Gasteiger partial charge on any atom is 0.331 e. The predicted octanol–water partition coefficient (Wildman–Crippen LogP) is 1.52. The number of aromatic hydroxyl groups is 2. The molecular formula is C13H15ClN2O4. The fraction of sp³-hybridized carbons (Fsp3) is 0.385. The van der Waals surface area contributed by atoms with Gasteiger partial charge in [0.05, 0.1) is 10.9 Å². The van der Waals surface area contributed by atoms with E-state index in [1.54, 1.807) is 20.8 Å². The fourth-order valence-corrected chi connectivity index (χ4v) is 2.40. The highest BCUT2D eigenvalue weighted by atomic mass is 35.5. The summed E-state index contributed by atoms with van der Waals surface area (Å²) in [5.41, 5.74) is -1.69. The summed E-state index contributed by atoms with van der Waals surface area (Å²) in [5.74, 6) is -1.05. The van der Waals surface area contributed by atoms with E-state index >= 15 is 0 Å². The van der Waals surface area contributed by atoms with Gasteiger partial charge in [-0.05, 0) is 20.8 Å². The zero-order valence-electron chi connectivity index (χ0n) is 11.6. The molecule has 0 aliphatic heterocycles. The number of aromatic nitrogens is 2. The molecule has 108 valence electrons. The molecule has 0 unspecified atom stereocenters. The minimum atomic E-state index is -0.739. The maximum atomic E-state index is 12.5. The topological polar surface area (TPSA) is 84.5 Å². The highest BCUT2D eigenvalue weighted by Crippen LogP contribution is 2.37. The lowest BCUT2D eigenvalue weighted by atomic mass is 10.1. The van der Waals surface area contributed by atoms with Gasteiger partial charge in [-0.15, -0.1) is 0 Å². The van der Waals surface area contributed by atoms with Crippen LogP contribution in [0.4, 0.5) is 0 Å². The predicted molar refractivity (Wildman–Crippen MR) is 76.8 cm³/mol. The Kier molecular flexibility index (Phi) is 3.09. The quantitative estimate of drug-likeness (QED) is 0.722. The van der Waals surface area contributed by atoms with E-state index in [4.69, 9.17) is 11.6 Å². The van der Waals surface area contributed by atoms with Gasteiger partial charge in [-0.1, -0.05) is 11.6 Å². The van der Waals surface area contributed by atoms with Crippen LogP contribution in [0.2, 0.25) is 5.02 Å². The van der Waals surface area contributed by atoms with Crippen molar-refractivity contribution in [3.63, 3.8) is 0 Å². The van der Waals surface area contributed by atoms with Crippen molar-refractivity contribution in [1.29, 1.82) is 0 Å². The van der Waals surface area contributed by atoms with Crippen molar-refractivity contribution in [3.8, 4) is 11.5 Å². The van der Waals surface area contributed by atoms with Gasteiger partial charge in [-0.2, -0.15) is 0 Å². The van der Waals surface area contributed by atoms with Gasteiger partial charge in [0.1, 0.15) is 5.02 Å². The molecule has 0 saturated heterocycles. The van der Waals surface area contributed by atoms with Gasteiger partial charge < -0.3 is 10.2 Å². The van der Waals surface area contributed by atoms with Crippen LogP contribution in [-0.2, 0) is 12.6 Å². The molecular weight excluding hydrogens is 284 g/mol. The first-order chi connectivity index (χ1) is 9.07. The normalized spacial score (nSPS) is 12.1. The third-order valence-electron chi connectivity index (χ3n) is 3.13. The molecule has 1 aromatic carbocycles. The molecule has 0 aliphatic rings. The molecule has 2 N–H and O–H groups in total. The molecule has 0 aliphatic carbocycles. The summed E-state index contributed by atoms with van der Waals surface area (Å²) in [5, 5.41) is 19.0. The molecule has 0 atom stereocenters. The molecule has 0 bridgehead atoms. The average molecular weight is 299 g/mol. The number of nitrogens with zero attached hydrogens (tertiary/aromatic N) is 2. The maximum absolute atomic E-state index is 12.5. The number of halogens is 1. The molecule has 1 aromatic heterocycles. The van der Waals surface area contributed by atoms with Gasteiger partial charge in [0.15, 0.2) is 11.5 Å². The molecule has 6 nitrogen and oxygen atoms in total. The second kappa shape index (κ2) is 4.28. The lowest BCUT2D eigenvalue weighted by Gasteiger charge is -2.23. The Morgan fingerprint density at radius 1 is 1.20 bits per heavy atom. The number of hydrogen-bond acceptors (Lipinski definition) is 4. The molecule has 2 aromatic rings. The number of phenols is 2. The Morgan fingerprint density at radius 2 is 1.75 bits per heavy atom. The van der Waals surface area contributed by atoms with Crippen LogP contribution in [0.1, 0.15) is 20.8 Å². The number of fused-ring (bicyclic) bond motifs is 1. The molecule has 0 spiro atoms. The zero-order valence-corrected chi connectivity index (χ0v) is 12.3. The van der Waals surface area contributed by atoms with Crippen molar-refractivity contribution in [2.24, 2.45) is 7.05 Å². The van der Waals surface area contributed by atoms with E-state index in [1.165, 1.54) is 11.6 Å². The lowest BCUT2D eigenvalue weighted by molar-refractivity contribution is 0.361. The first-order valence-corrected chi connectivity index (χ1v) is 6.32. The second-order valence-electron chi connectivity index (χ2n) is 5.61. The number of phenolic OH excluding ortho intramolecular Hbond substituents is 2. The zero-order chi connectivity index (χ0) is 15.4. The summed E-state index contributed by atoms with van der Waals surface area (Å²) in [6, 6.07) is 1.15. The SMILES string of the molecule is Cn1c(=O)n(C(C)(C)C)c(=O)c2c(Cl)c(O)c(O)cc21. The Bertz CT molecular complexity index is 828. The van der Waals surface area contributed by atoms with Crippen molar-refractivity contribution >= 4 is 22.5 Å². The Morgan fingerprint density at radius 3 is 2.25 bits per heavy atom. The largest absolute Gasteiger partial charge is 0.504 e. The first-order valence-electron chi connectivity index (χ1n) is 5.94. The van der Waals surface area contributed by atoms with E-state index in [-0.39, 0.29) is 15.9 Å². The minimum absolute atomic E-state index is 0.000934. The van der Waals surface area contributed by atoms with Crippen LogP contribution < -0.4 is 11.2 Å². The van der Waals surface area contributed by atoms with Crippen LogP contribution in [0.15, 0.2) is 15.7 Å². The van der Waals surface area contributed by atoms with Crippen molar-refractivity contribution < 1.29 is 10.2 Å². The van der Waals surface area contributed by atoms with Crippen LogP contribution in [0.3, 0.4) is 0 Å². The van der Waals surface area contributed by atoms with E-state index in [0.717, 1.165) is 10.6 Å². The Balaban J connectivity index is 3.20. The highest BCUT2D eigenvalue weighted by Gasteiger charge is 2.24. The molecule has 0 saturated carbocycles. The third-order valence-corrected chi connectivity index (χ3v) is 3.49. The first kappa shape index (κ1) is 14.5. The van der Waals surface area contributed by atoms with Gasteiger partial charge in [-0.3, -0.25) is 13.9 Å². The Hall–Kier alpha value is -1.95. The summed E-state index contributed by atoms with van der Waals surface area (Å²) in [6.45, 7) is 5.15. The summed E-state index contributed by atoms with van der Waals surface area (Å²) in [7, 11) is 1.47.